The van der Waals surface area contributed by atoms with E-state index in [2.05, 4.69) is 30.8 Å². The first-order chi connectivity index (χ1) is 12.2. The van der Waals surface area contributed by atoms with Gasteiger partial charge in [-0.2, -0.15) is 0 Å². The molecule has 1 unspecified atom stereocenters. The molecule has 142 valence electrons. The van der Waals surface area contributed by atoms with Crippen LogP contribution in [0.2, 0.25) is 0 Å². The number of aromatic nitrogens is 4. The second kappa shape index (κ2) is 9.64. The van der Waals surface area contributed by atoms with Crippen molar-refractivity contribution in [1.82, 2.24) is 30.4 Å². The summed E-state index contributed by atoms with van der Waals surface area (Å²) in [7, 11) is 1.73. The van der Waals surface area contributed by atoms with Crippen molar-refractivity contribution in [3.05, 3.63) is 36.3 Å². The third-order valence-electron chi connectivity index (χ3n) is 4.24. The first kappa shape index (κ1) is 20.3. The van der Waals surface area contributed by atoms with Crippen LogP contribution in [0.3, 0.4) is 0 Å². The van der Waals surface area contributed by atoms with Crippen LogP contribution < -0.4 is 15.5 Å². The Labute approximate surface area is 169 Å². The van der Waals surface area contributed by atoms with Gasteiger partial charge in [0.1, 0.15) is 6.33 Å². The lowest BCUT2D eigenvalue weighted by atomic mass is 10.3. The van der Waals surface area contributed by atoms with Gasteiger partial charge in [-0.1, -0.05) is 0 Å². The monoisotopic (exact) mass is 474 g/mol. The molecule has 10 heteroatoms. The number of aryl methyl sites for hydroxylation is 1. The molecule has 0 amide bonds. The van der Waals surface area contributed by atoms with Crippen LogP contribution in [0, 0.1) is 5.82 Å². The number of halogens is 2. The SMILES string of the molecule is CCn1cnnc1CNC(=NC)NC1CCN(c2ncccc2F)C1.I. The van der Waals surface area contributed by atoms with Crippen molar-refractivity contribution < 1.29 is 4.39 Å². The van der Waals surface area contributed by atoms with Gasteiger partial charge in [-0.15, -0.1) is 34.2 Å². The second-order valence-electron chi connectivity index (χ2n) is 5.84. The summed E-state index contributed by atoms with van der Waals surface area (Å²) in [6.07, 6.45) is 4.22. The van der Waals surface area contributed by atoms with Gasteiger partial charge in [-0.25, -0.2) is 9.37 Å². The van der Waals surface area contributed by atoms with Crippen LogP contribution in [0.25, 0.3) is 0 Å². The topological polar surface area (TPSA) is 83.3 Å². The van der Waals surface area contributed by atoms with Crippen LogP contribution in [0.1, 0.15) is 19.2 Å². The number of hydrogen-bond donors (Lipinski definition) is 2. The van der Waals surface area contributed by atoms with Gasteiger partial charge in [0.15, 0.2) is 23.4 Å². The molecule has 2 aromatic heterocycles. The standard InChI is InChI=1S/C16H23FN8.HI/c1-3-24-11-21-23-14(24)9-20-16(18-2)22-12-6-8-25(10-12)15-13(17)5-4-7-19-15;/h4-5,7,11-12H,3,6,8-10H2,1-2H3,(H2,18,20,22);1H. The van der Waals surface area contributed by atoms with Crippen molar-refractivity contribution in [2.45, 2.75) is 32.5 Å². The van der Waals surface area contributed by atoms with Crippen LogP contribution >= 0.6 is 24.0 Å². The summed E-state index contributed by atoms with van der Waals surface area (Å²) in [6.45, 7) is 4.85. The van der Waals surface area contributed by atoms with Gasteiger partial charge in [-0.3, -0.25) is 4.99 Å². The van der Waals surface area contributed by atoms with E-state index in [1.807, 2.05) is 16.4 Å². The lowest BCUT2D eigenvalue weighted by Gasteiger charge is -2.19. The third kappa shape index (κ3) is 4.80. The fourth-order valence-corrected chi connectivity index (χ4v) is 2.91. The normalized spacial score (nSPS) is 17.1. The largest absolute Gasteiger partial charge is 0.352 e. The number of rotatable bonds is 5. The number of pyridine rings is 1. The highest BCUT2D eigenvalue weighted by molar-refractivity contribution is 14.0. The van der Waals surface area contributed by atoms with Gasteiger partial charge in [0.2, 0.25) is 0 Å². The summed E-state index contributed by atoms with van der Waals surface area (Å²) in [5, 5.41) is 14.6. The van der Waals surface area contributed by atoms with E-state index in [0.717, 1.165) is 25.3 Å². The molecule has 0 bridgehead atoms. The first-order valence-electron chi connectivity index (χ1n) is 8.40. The number of hydrogen-bond acceptors (Lipinski definition) is 5. The highest BCUT2D eigenvalue weighted by Gasteiger charge is 2.25. The molecule has 2 aromatic rings. The summed E-state index contributed by atoms with van der Waals surface area (Å²) < 4.78 is 15.8. The van der Waals surface area contributed by atoms with Gasteiger partial charge in [0, 0.05) is 38.9 Å². The molecule has 1 aliphatic heterocycles. The molecular weight excluding hydrogens is 450 g/mol. The van der Waals surface area contributed by atoms with Crippen LogP contribution in [0.4, 0.5) is 10.2 Å². The Morgan fingerprint density at radius 3 is 3.04 bits per heavy atom. The maximum absolute atomic E-state index is 13.9. The molecule has 0 spiro atoms. The van der Waals surface area contributed by atoms with Gasteiger partial charge < -0.3 is 20.1 Å². The highest BCUT2D eigenvalue weighted by Crippen LogP contribution is 2.20. The maximum atomic E-state index is 13.9. The van der Waals surface area contributed by atoms with Crippen LogP contribution in [-0.4, -0.2) is 51.9 Å². The van der Waals surface area contributed by atoms with Gasteiger partial charge in [0.25, 0.3) is 0 Å². The molecule has 0 aromatic carbocycles. The molecule has 0 saturated carbocycles. The van der Waals surface area contributed by atoms with E-state index in [-0.39, 0.29) is 35.8 Å². The Balaban J connectivity index is 0.00000243. The predicted octanol–water partition coefficient (Wildman–Crippen LogP) is 1.39. The summed E-state index contributed by atoms with van der Waals surface area (Å²) in [4.78, 5) is 10.3. The minimum atomic E-state index is -0.287. The lowest BCUT2D eigenvalue weighted by molar-refractivity contribution is 0.611. The molecule has 3 rings (SSSR count). The van der Waals surface area contributed by atoms with Crippen molar-refractivity contribution in [3.63, 3.8) is 0 Å². The summed E-state index contributed by atoms with van der Waals surface area (Å²) in [5.74, 6) is 1.67. The molecule has 1 aliphatic rings. The van der Waals surface area contributed by atoms with E-state index in [4.69, 9.17) is 0 Å². The van der Waals surface area contributed by atoms with E-state index in [0.29, 0.717) is 24.9 Å². The van der Waals surface area contributed by atoms with Gasteiger partial charge in [0.05, 0.1) is 6.54 Å². The van der Waals surface area contributed by atoms with Crippen molar-refractivity contribution in [2.24, 2.45) is 4.99 Å². The Kier molecular flexibility index (Phi) is 7.54. The van der Waals surface area contributed by atoms with Crippen molar-refractivity contribution >= 4 is 35.8 Å². The quantitative estimate of drug-likeness (QED) is 0.388. The molecule has 1 saturated heterocycles. The Morgan fingerprint density at radius 1 is 1.46 bits per heavy atom. The zero-order valence-corrected chi connectivity index (χ0v) is 17.2. The van der Waals surface area contributed by atoms with E-state index >= 15 is 0 Å². The van der Waals surface area contributed by atoms with E-state index in [1.54, 1.807) is 25.6 Å². The van der Waals surface area contributed by atoms with Gasteiger partial charge >= 0.3 is 0 Å². The molecule has 8 nitrogen and oxygen atoms in total. The predicted molar refractivity (Wildman–Crippen MR) is 109 cm³/mol. The molecule has 1 fully saturated rings. The molecule has 0 radical (unpaired) electrons. The number of aliphatic imine (C=N–C) groups is 1. The average molecular weight is 474 g/mol. The van der Waals surface area contributed by atoms with Crippen molar-refractivity contribution in [2.75, 3.05) is 25.0 Å². The Bertz CT molecular complexity index is 735. The number of anilines is 1. The van der Waals surface area contributed by atoms with Crippen LogP contribution in [0.5, 0.6) is 0 Å². The second-order valence-corrected chi connectivity index (χ2v) is 5.84. The van der Waals surface area contributed by atoms with E-state index < -0.39 is 0 Å². The summed E-state index contributed by atoms with van der Waals surface area (Å²) in [5.41, 5.74) is 0. The molecule has 1 atom stereocenters. The average Bonchev–Trinajstić information content (AvgIpc) is 3.28. The third-order valence-corrected chi connectivity index (χ3v) is 4.24. The minimum Gasteiger partial charge on any atom is -0.352 e. The fourth-order valence-electron chi connectivity index (χ4n) is 2.91. The van der Waals surface area contributed by atoms with E-state index in [9.17, 15) is 4.39 Å². The fraction of sp³-hybridized carbons (Fsp3) is 0.500. The lowest BCUT2D eigenvalue weighted by Crippen LogP contribution is -2.44. The molecule has 3 heterocycles. The summed E-state index contributed by atoms with van der Waals surface area (Å²) >= 11 is 0. The molecule has 26 heavy (non-hydrogen) atoms. The number of nitrogens with zero attached hydrogens (tertiary/aromatic N) is 6. The van der Waals surface area contributed by atoms with Crippen LogP contribution in [0.15, 0.2) is 29.6 Å². The van der Waals surface area contributed by atoms with Crippen molar-refractivity contribution in [1.29, 1.82) is 0 Å². The Morgan fingerprint density at radius 2 is 2.31 bits per heavy atom. The minimum absolute atomic E-state index is 0. The van der Waals surface area contributed by atoms with Crippen molar-refractivity contribution in [3.8, 4) is 0 Å². The zero-order chi connectivity index (χ0) is 17.6. The molecule has 0 aliphatic carbocycles. The first-order valence-corrected chi connectivity index (χ1v) is 8.40. The summed E-state index contributed by atoms with van der Waals surface area (Å²) in [6, 6.07) is 3.22. The van der Waals surface area contributed by atoms with Crippen LogP contribution in [-0.2, 0) is 13.1 Å². The molecule has 2 N–H and O–H groups in total. The highest BCUT2D eigenvalue weighted by atomic mass is 127. The maximum Gasteiger partial charge on any atom is 0.191 e. The van der Waals surface area contributed by atoms with E-state index in [1.165, 1.54) is 6.07 Å². The smallest absolute Gasteiger partial charge is 0.191 e. The Hall–Kier alpha value is -1.98. The van der Waals surface area contributed by atoms with Gasteiger partial charge in [-0.05, 0) is 25.5 Å². The zero-order valence-electron chi connectivity index (χ0n) is 14.9. The molecular formula is C16H24FIN8. The number of nitrogens with one attached hydrogen (secondary N) is 2. The number of guanidine groups is 1.